The van der Waals surface area contributed by atoms with Crippen LogP contribution in [0.15, 0.2) is 97.2 Å². The van der Waals surface area contributed by atoms with Gasteiger partial charge in [0.15, 0.2) is 6.10 Å². The van der Waals surface area contributed by atoms with Crippen LogP contribution >= 0.6 is 0 Å². The highest BCUT2D eigenvalue weighted by molar-refractivity contribution is 5.71. The lowest BCUT2D eigenvalue weighted by atomic mass is 10.0. The van der Waals surface area contributed by atoms with Crippen LogP contribution in [0.3, 0.4) is 0 Å². The molecular formula is C77H134O6. The van der Waals surface area contributed by atoms with E-state index in [-0.39, 0.29) is 31.1 Å². The lowest BCUT2D eigenvalue weighted by Crippen LogP contribution is -2.30. The molecule has 0 heterocycles. The largest absolute Gasteiger partial charge is 0.462 e. The van der Waals surface area contributed by atoms with Gasteiger partial charge in [0.1, 0.15) is 13.2 Å². The summed E-state index contributed by atoms with van der Waals surface area (Å²) in [5.74, 6) is -0.907. The molecule has 0 aliphatic heterocycles. The molecule has 6 heteroatoms. The van der Waals surface area contributed by atoms with Crippen molar-refractivity contribution in [3.05, 3.63) is 97.2 Å². The molecule has 83 heavy (non-hydrogen) atoms. The summed E-state index contributed by atoms with van der Waals surface area (Å²) in [6.45, 7) is 6.49. The number of hydrogen-bond acceptors (Lipinski definition) is 6. The van der Waals surface area contributed by atoms with Crippen molar-refractivity contribution in [1.29, 1.82) is 0 Å². The summed E-state index contributed by atoms with van der Waals surface area (Å²) in [7, 11) is 0. The lowest BCUT2D eigenvalue weighted by Gasteiger charge is -2.18. The first-order chi connectivity index (χ1) is 41.0. The molecule has 0 fully saturated rings. The van der Waals surface area contributed by atoms with Gasteiger partial charge < -0.3 is 14.2 Å². The summed E-state index contributed by atoms with van der Waals surface area (Å²) in [6, 6.07) is 0. The molecule has 0 rings (SSSR count). The molecule has 6 nitrogen and oxygen atoms in total. The van der Waals surface area contributed by atoms with E-state index < -0.39 is 6.10 Å². The van der Waals surface area contributed by atoms with Crippen LogP contribution in [0.2, 0.25) is 0 Å². The highest BCUT2D eigenvalue weighted by atomic mass is 16.6. The number of allylic oxidation sites excluding steroid dienone is 16. The normalized spacial score (nSPS) is 12.7. The molecule has 1 unspecified atom stereocenters. The Morgan fingerprint density at radius 3 is 0.735 bits per heavy atom. The molecule has 1 atom stereocenters. The van der Waals surface area contributed by atoms with E-state index in [1.54, 1.807) is 0 Å². The molecule has 0 radical (unpaired) electrons. The summed E-state index contributed by atoms with van der Waals surface area (Å²) in [4.78, 5) is 38.1. The maximum absolute atomic E-state index is 12.9. The molecule has 0 aromatic heterocycles. The third-order valence-corrected chi connectivity index (χ3v) is 15.6. The van der Waals surface area contributed by atoms with Crippen LogP contribution in [0.1, 0.15) is 355 Å². The van der Waals surface area contributed by atoms with Crippen LogP contribution < -0.4 is 0 Å². The van der Waals surface area contributed by atoms with Crippen molar-refractivity contribution < 1.29 is 28.6 Å². The number of esters is 3. The number of unbranched alkanes of at least 4 members (excludes halogenated alkanes) is 38. The predicted molar refractivity (Wildman–Crippen MR) is 362 cm³/mol. The van der Waals surface area contributed by atoms with E-state index >= 15 is 0 Å². The van der Waals surface area contributed by atoms with Gasteiger partial charge in [0.05, 0.1) is 0 Å². The minimum atomic E-state index is -0.789. The van der Waals surface area contributed by atoms with E-state index in [0.29, 0.717) is 19.3 Å². The van der Waals surface area contributed by atoms with E-state index in [1.165, 1.54) is 193 Å². The predicted octanol–water partition coefficient (Wildman–Crippen LogP) is 24.8. The van der Waals surface area contributed by atoms with Crippen molar-refractivity contribution in [2.75, 3.05) is 13.2 Å². The zero-order chi connectivity index (χ0) is 59.9. The van der Waals surface area contributed by atoms with Gasteiger partial charge in [0.2, 0.25) is 0 Å². The third-order valence-electron chi connectivity index (χ3n) is 15.6. The van der Waals surface area contributed by atoms with E-state index in [0.717, 1.165) is 122 Å². The minimum absolute atomic E-state index is 0.0848. The first-order valence-electron chi connectivity index (χ1n) is 35.7. The second-order valence-electron chi connectivity index (χ2n) is 23.8. The van der Waals surface area contributed by atoms with Gasteiger partial charge in [0, 0.05) is 19.3 Å². The standard InChI is InChI=1S/C77H134O6/c1-4-7-10-13-16-18-20-22-24-26-28-30-32-34-36-38-40-41-43-45-47-49-51-53-55-57-59-61-64-67-70-76(79)82-73-74(72-81-75(78)69-66-63-15-12-9-6-3)83-77(80)71-68-65-62-60-58-56-54-52-50-48-46-44-42-39-37-35-33-31-29-27-25-23-21-19-17-14-11-8-5-2/h8,11,17,19,23,25,29,31,35,37,42,44,48,50,54,56,74H,4-7,9-10,12-16,18,20-22,24,26-28,30,32-34,36,38-41,43,45-47,49,51-53,55,57-73H2,1-3H3/b11-8-,19-17-,25-23-,31-29-,37-35-,44-42-,50-48-,56-54-. The van der Waals surface area contributed by atoms with Gasteiger partial charge in [-0.2, -0.15) is 0 Å². The van der Waals surface area contributed by atoms with Crippen LogP contribution in [0.5, 0.6) is 0 Å². The van der Waals surface area contributed by atoms with Gasteiger partial charge in [-0.15, -0.1) is 0 Å². The fourth-order valence-corrected chi connectivity index (χ4v) is 10.3. The molecule has 0 amide bonds. The molecule has 0 aliphatic rings. The average molecular weight is 1160 g/mol. The van der Waals surface area contributed by atoms with E-state index in [2.05, 4.69) is 118 Å². The van der Waals surface area contributed by atoms with Crippen LogP contribution in [0.25, 0.3) is 0 Å². The SMILES string of the molecule is CC/C=C\C/C=C\C/C=C\C/C=C\C/C=C\C/C=C\C/C=C\C/C=C\CCCCCCC(=O)OC(COC(=O)CCCCCCCC)COC(=O)CCCCCCCCCCCCCCCCCCCCCCCCCCCCCCCC. The minimum Gasteiger partial charge on any atom is -0.462 e. The van der Waals surface area contributed by atoms with E-state index in [9.17, 15) is 14.4 Å². The molecule has 0 aliphatic carbocycles. The molecule has 0 aromatic rings. The Hall–Kier alpha value is -3.67. The molecule has 0 spiro atoms. The summed E-state index contributed by atoms with van der Waals surface area (Å²) in [5.41, 5.74) is 0. The van der Waals surface area contributed by atoms with Crippen LogP contribution in [0.4, 0.5) is 0 Å². The highest BCUT2D eigenvalue weighted by Crippen LogP contribution is 2.18. The zero-order valence-electron chi connectivity index (χ0n) is 54.9. The molecule has 0 saturated carbocycles. The van der Waals surface area contributed by atoms with Gasteiger partial charge in [-0.3, -0.25) is 14.4 Å². The summed E-state index contributed by atoms with van der Waals surface area (Å²) in [5, 5.41) is 0. The fourth-order valence-electron chi connectivity index (χ4n) is 10.3. The molecule has 0 saturated heterocycles. The average Bonchev–Trinajstić information content (AvgIpc) is 3.48. The molecule has 478 valence electrons. The maximum Gasteiger partial charge on any atom is 0.306 e. The van der Waals surface area contributed by atoms with E-state index in [4.69, 9.17) is 14.2 Å². The quantitative estimate of drug-likeness (QED) is 0.0261. The molecule has 0 N–H and O–H groups in total. The molecule has 0 bridgehead atoms. The Kier molecular flexibility index (Phi) is 67.7. The van der Waals surface area contributed by atoms with Crippen LogP contribution in [-0.4, -0.2) is 37.2 Å². The Labute approximate surface area is 515 Å². The second kappa shape index (κ2) is 70.8. The summed E-state index contributed by atoms with van der Waals surface area (Å²) >= 11 is 0. The molecule has 0 aromatic carbocycles. The molecular weight excluding hydrogens is 1020 g/mol. The van der Waals surface area contributed by atoms with Crippen LogP contribution in [0, 0.1) is 0 Å². The number of carbonyl (C=O) groups is 3. The number of hydrogen-bond donors (Lipinski definition) is 0. The van der Waals surface area contributed by atoms with Crippen LogP contribution in [-0.2, 0) is 28.6 Å². The first kappa shape index (κ1) is 79.3. The fraction of sp³-hybridized carbons (Fsp3) is 0.753. The third kappa shape index (κ3) is 69.0. The zero-order valence-corrected chi connectivity index (χ0v) is 54.9. The number of ether oxygens (including phenoxy) is 3. The summed E-state index contributed by atoms with van der Waals surface area (Å²) < 4.78 is 16.8. The smallest absolute Gasteiger partial charge is 0.306 e. The van der Waals surface area contributed by atoms with Crippen molar-refractivity contribution in [3.63, 3.8) is 0 Å². The van der Waals surface area contributed by atoms with Crippen molar-refractivity contribution >= 4 is 17.9 Å². The van der Waals surface area contributed by atoms with Crippen molar-refractivity contribution in [3.8, 4) is 0 Å². The van der Waals surface area contributed by atoms with Gasteiger partial charge in [0.25, 0.3) is 0 Å². The van der Waals surface area contributed by atoms with E-state index in [1.807, 2.05) is 0 Å². The van der Waals surface area contributed by atoms with Crippen molar-refractivity contribution in [1.82, 2.24) is 0 Å². The first-order valence-corrected chi connectivity index (χ1v) is 35.7. The Morgan fingerprint density at radius 2 is 0.470 bits per heavy atom. The Balaban J connectivity index is 4.07. The monoisotopic (exact) mass is 1160 g/mol. The summed E-state index contributed by atoms with van der Waals surface area (Å²) in [6.07, 6.45) is 96.3. The number of carbonyl (C=O) groups excluding carboxylic acids is 3. The topological polar surface area (TPSA) is 78.9 Å². The van der Waals surface area contributed by atoms with Gasteiger partial charge in [-0.1, -0.05) is 349 Å². The Morgan fingerprint density at radius 1 is 0.253 bits per heavy atom. The van der Waals surface area contributed by atoms with Crippen molar-refractivity contribution in [2.24, 2.45) is 0 Å². The highest BCUT2D eigenvalue weighted by Gasteiger charge is 2.19. The Bertz CT molecular complexity index is 1610. The van der Waals surface area contributed by atoms with Gasteiger partial charge >= 0.3 is 17.9 Å². The maximum atomic E-state index is 12.9. The van der Waals surface area contributed by atoms with Gasteiger partial charge in [-0.25, -0.2) is 0 Å². The van der Waals surface area contributed by atoms with Gasteiger partial charge in [-0.05, 0) is 83.5 Å². The lowest BCUT2D eigenvalue weighted by molar-refractivity contribution is -0.167. The second-order valence-corrected chi connectivity index (χ2v) is 23.8. The van der Waals surface area contributed by atoms with Crippen molar-refractivity contribution in [2.45, 2.75) is 361 Å². The number of rotatable bonds is 65.